The summed E-state index contributed by atoms with van der Waals surface area (Å²) in [5.74, 6) is -0.800. The van der Waals surface area contributed by atoms with Crippen molar-refractivity contribution in [2.45, 2.75) is 12.8 Å². The second kappa shape index (κ2) is 5.43. The molecule has 0 aliphatic rings. The summed E-state index contributed by atoms with van der Waals surface area (Å²) in [5.41, 5.74) is 1.56. The first-order valence-corrected chi connectivity index (χ1v) is 5.71. The second-order valence-electron chi connectivity index (χ2n) is 3.80. The van der Waals surface area contributed by atoms with Crippen molar-refractivity contribution in [2.24, 2.45) is 0 Å². The molecule has 0 spiro atoms. The van der Waals surface area contributed by atoms with Crippen molar-refractivity contribution in [3.63, 3.8) is 0 Å². The predicted molar refractivity (Wildman–Crippen MR) is 65.9 cm³/mol. The Hall–Kier alpha value is -2.19. The van der Waals surface area contributed by atoms with Crippen LogP contribution in [0.2, 0.25) is 0 Å². The van der Waals surface area contributed by atoms with Crippen LogP contribution < -0.4 is 0 Å². The van der Waals surface area contributed by atoms with Gasteiger partial charge in [0, 0.05) is 6.61 Å². The minimum atomic E-state index is -0.899. The molecule has 1 heterocycles. The number of aromatic nitrogens is 2. The van der Waals surface area contributed by atoms with Crippen molar-refractivity contribution >= 4 is 16.8 Å². The third-order valence-electron chi connectivity index (χ3n) is 2.58. The van der Waals surface area contributed by atoms with E-state index in [9.17, 15) is 4.79 Å². The van der Waals surface area contributed by atoms with E-state index in [-0.39, 0.29) is 12.4 Å². The molecule has 0 radical (unpaired) electrons. The molecule has 18 heavy (non-hydrogen) atoms. The Morgan fingerprint density at radius 2 is 2.33 bits per heavy atom. The number of carbonyl (C=O) groups is 1. The zero-order chi connectivity index (χ0) is 13.0. The van der Waals surface area contributed by atoms with Gasteiger partial charge in [-0.25, -0.2) is 4.98 Å². The fourth-order valence-corrected chi connectivity index (χ4v) is 1.68. The van der Waals surface area contributed by atoms with Crippen molar-refractivity contribution in [1.82, 2.24) is 9.97 Å². The average molecular weight is 243 g/mol. The first kappa shape index (κ1) is 12.3. The molecule has 1 N–H and O–H groups in total. The van der Waals surface area contributed by atoms with Gasteiger partial charge in [0.15, 0.2) is 11.7 Å². The first-order valence-electron chi connectivity index (χ1n) is 5.71. The summed E-state index contributed by atoms with van der Waals surface area (Å²) < 4.78 is 5.03. The Bertz CT molecular complexity index is 565. The molecule has 1 aromatic heterocycles. The first-order chi connectivity index (χ1) is 8.76. The van der Waals surface area contributed by atoms with Crippen molar-refractivity contribution in [3.8, 4) is 6.07 Å². The van der Waals surface area contributed by atoms with Crippen LogP contribution in [0.1, 0.15) is 18.7 Å². The number of para-hydroxylation sites is 2. The van der Waals surface area contributed by atoms with E-state index in [2.05, 4.69) is 9.97 Å². The van der Waals surface area contributed by atoms with Gasteiger partial charge < -0.3 is 9.72 Å². The number of nitrogens with one attached hydrogen (secondary N) is 1. The van der Waals surface area contributed by atoms with Gasteiger partial charge in [-0.15, -0.1) is 0 Å². The average Bonchev–Trinajstić information content (AvgIpc) is 2.80. The third-order valence-corrected chi connectivity index (χ3v) is 2.58. The van der Waals surface area contributed by atoms with E-state index in [1.54, 1.807) is 6.92 Å². The summed E-state index contributed by atoms with van der Waals surface area (Å²) in [5, 5.41) is 9.09. The Morgan fingerprint density at radius 1 is 1.56 bits per heavy atom. The lowest BCUT2D eigenvalue weighted by Crippen LogP contribution is -2.18. The highest BCUT2D eigenvalue weighted by Crippen LogP contribution is 2.18. The fraction of sp³-hybridized carbons (Fsp3) is 0.308. The number of benzene rings is 1. The van der Waals surface area contributed by atoms with Crippen LogP contribution in [0.15, 0.2) is 24.3 Å². The Kier molecular flexibility index (Phi) is 3.70. The topological polar surface area (TPSA) is 78.8 Å². The SMILES string of the molecule is CCOCC(=O)C(C#N)c1nc2ccccc2[nH]1. The number of nitrogens with zero attached hydrogens (tertiary/aromatic N) is 2. The summed E-state index contributed by atoms with van der Waals surface area (Å²) in [6, 6.07) is 9.38. The molecule has 0 fully saturated rings. The van der Waals surface area contributed by atoms with E-state index in [1.807, 2.05) is 30.3 Å². The number of rotatable bonds is 5. The standard InChI is InChI=1S/C13H13N3O2/c1-2-18-8-12(17)9(7-14)13-15-10-5-3-4-6-11(10)16-13/h3-6,9H,2,8H2,1H3,(H,15,16). The Morgan fingerprint density at radius 3 is 3.00 bits per heavy atom. The number of fused-ring (bicyclic) bond motifs is 1. The van der Waals surface area contributed by atoms with Crippen molar-refractivity contribution in [1.29, 1.82) is 5.26 Å². The number of Topliss-reactive ketones (excluding diaryl/α,β-unsaturated/α-hetero) is 1. The van der Waals surface area contributed by atoms with E-state index in [0.29, 0.717) is 12.4 Å². The molecule has 0 aliphatic carbocycles. The van der Waals surface area contributed by atoms with Gasteiger partial charge >= 0.3 is 0 Å². The fourth-order valence-electron chi connectivity index (χ4n) is 1.68. The summed E-state index contributed by atoms with van der Waals surface area (Å²) in [7, 11) is 0. The molecule has 5 heteroatoms. The van der Waals surface area contributed by atoms with Gasteiger partial charge in [0.25, 0.3) is 0 Å². The monoisotopic (exact) mass is 243 g/mol. The van der Waals surface area contributed by atoms with E-state index in [0.717, 1.165) is 11.0 Å². The maximum absolute atomic E-state index is 11.8. The van der Waals surface area contributed by atoms with Crippen LogP contribution in [0.3, 0.4) is 0 Å². The van der Waals surface area contributed by atoms with Crippen LogP contribution in [0, 0.1) is 11.3 Å². The molecule has 0 aliphatic heterocycles. The molecule has 92 valence electrons. The highest BCUT2D eigenvalue weighted by atomic mass is 16.5. The number of ether oxygens (including phenoxy) is 1. The van der Waals surface area contributed by atoms with Crippen LogP contribution >= 0.6 is 0 Å². The predicted octanol–water partition coefficient (Wildman–Crippen LogP) is 1.78. The van der Waals surface area contributed by atoms with Gasteiger partial charge in [0.1, 0.15) is 12.4 Å². The minimum Gasteiger partial charge on any atom is -0.374 e. The molecular weight excluding hydrogens is 230 g/mol. The lowest BCUT2D eigenvalue weighted by atomic mass is 10.1. The summed E-state index contributed by atoms with van der Waals surface area (Å²) in [4.78, 5) is 19.1. The van der Waals surface area contributed by atoms with Crippen molar-refractivity contribution < 1.29 is 9.53 Å². The number of imidazole rings is 1. The Labute approximate surface area is 104 Å². The lowest BCUT2D eigenvalue weighted by molar-refractivity contribution is -0.123. The molecule has 2 rings (SSSR count). The molecule has 0 saturated heterocycles. The zero-order valence-electron chi connectivity index (χ0n) is 10.0. The highest BCUT2D eigenvalue weighted by Gasteiger charge is 2.23. The van der Waals surface area contributed by atoms with E-state index < -0.39 is 5.92 Å². The number of aromatic amines is 1. The number of carbonyl (C=O) groups excluding carboxylic acids is 1. The van der Waals surface area contributed by atoms with Gasteiger partial charge in [-0.2, -0.15) is 5.26 Å². The van der Waals surface area contributed by atoms with E-state index in [1.165, 1.54) is 0 Å². The molecule has 1 unspecified atom stereocenters. The second-order valence-corrected chi connectivity index (χ2v) is 3.80. The van der Waals surface area contributed by atoms with Gasteiger partial charge in [0.05, 0.1) is 17.1 Å². The van der Waals surface area contributed by atoms with E-state index >= 15 is 0 Å². The number of ketones is 1. The number of H-pyrrole nitrogens is 1. The third kappa shape index (κ3) is 2.39. The van der Waals surface area contributed by atoms with Crippen molar-refractivity contribution in [3.05, 3.63) is 30.1 Å². The van der Waals surface area contributed by atoms with Gasteiger partial charge in [0.2, 0.25) is 0 Å². The van der Waals surface area contributed by atoms with Crippen LogP contribution in [-0.2, 0) is 9.53 Å². The normalized spacial score (nSPS) is 12.2. The quantitative estimate of drug-likeness (QED) is 0.868. The number of hydrogen-bond acceptors (Lipinski definition) is 4. The molecule has 0 amide bonds. The van der Waals surface area contributed by atoms with E-state index in [4.69, 9.17) is 10.00 Å². The minimum absolute atomic E-state index is 0.0637. The van der Waals surface area contributed by atoms with Gasteiger partial charge in [-0.3, -0.25) is 4.79 Å². The van der Waals surface area contributed by atoms with Gasteiger partial charge in [-0.05, 0) is 19.1 Å². The maximum atomic E-state index is 11.8. The largest absolute Gasteiger partial charge is 0.374 e. The molecule has 5 nitrogen and oxygen atoms in total. The molecule has 0 bridgehead atoms. The molecule has 0 saturated carbocycles. The Balaban J connectivity index is 2.27. The van der Waals surface area contributed by atoms with Gasteiger partial charge in [-0.1, -0.05) is 12.1 Å². The zero-order valence-corrected chi connectivity index (χ0v) is 10.0. The lowest BCUT2D eigenvalue weighted by Gasteiger charge is -2.04. The summed E-state index contributed by atoms with van der Waals surface area (Å²) >= 11 is 0. The summed E-state index contributed by atoms with van der Waals surface area (Å²) in [6.07, 6.45) is 0. The smallest absolute Gasteiger partial charge is 0.183 e. The van der Waals surface area contributed by atoms with Crippen LogP contribution in [0.5, 0.6) is 0 Å². The van der Waals surface area contributed by atoms with Crippen molar-refractivity contribution in [2.75, 3.05) is 13.2 Å². The highest BCUT2D eigenvalue weighted by molar-refractivity contribution is 5.89. The van der Waals surface area contributed by atoms with Crippen LogP contribution in [0.4, 0.5) is 0 Å². The number of hydrogen-bond donors (Lipinski definition) is 1. The number of nitriles is 1. The van der Waals surface area contributed by atoms with Crippen LogP contribution in [-0.4, -0.2) is 29.0 Å². The molecule has 1 atom stereocenters. The molecule has 2 aromatic rings. The van der Waals surface area contributed by atoms with Crippen LogP contribution in [0.25, 0.3) is 11.0 Å². The summed E-state index contributed by atoms with van der Waals surface area (Å²) in [6.45, 7) is 2.19. The molecule has 1 aromatic carbocycles. The maximum Gasteiger partial charge on any atom is 0.183 e. The molecular formula is C13H13N3O2.